The normalized spacial score (nSPS) is 12.1. The largest absolute Gasteiger partial charge is 0.497 e. The maximum atomic E-state index is 13.6. The minimum atomic E-state index is -3.59. The molecular formula is C27H31N3O5S. The van der Waals surface area contributed by atoms with E-state index in [1.54, 1.807) is 31.4 Å². The van der Waals surface area contributed by atoms with Crippen LogP contribution in [0.25, 0.3) is 0 Å². The predicted octanol–water partition coefficient (Wildman–Crippen LogP) is 2.97. The quantitative estimate of drug-likeness (QED) is 0.429. The van der Waals surface area contributed by atoms with Crippen LogP contribution in [0.4, 0.5) is 0 Å². The summed E-state index contributed by atoms with van der Waals surface area (Å²) in [5, 5.41) is 2.93. The Morgan fingerprint density at radius 3 is 2.03 bits per heavy atom. The van der Waals surface area contributed by atoms with E-state index in [0.717, 1.165) is 21.7 Å². The van der Waals surface area contributed by atoms with E-state index in [1.165, 1.54) is 11.9 Å². The van der Waals surface area contributed by atoms with Crippen molar-refractivity contribution >= 4 is 21.8 Å². The van der Waals surface area contributed by atoms with Gasteiger partial charge in [0.1, 0.15) is 11.8 Å². The Morgan fingerprint density at radius 2 is 1.47 bits per heavy atom. The van der Waals surface area contributed by atoms with E-state index in [-0.39, 0.29) is 25.5 Å². The molecule has 0 fully saturated rings. The van der Waals surface area contributed by atoms with Crippen LogP contribution in [0.5, 0.6) is 5.75 Å². The molecule has 3 aromatic rings. The van der Waals surface area contributed by atoms with Crippen LogP contribution < -0.4 is 10.1 Å². The van der Waals surface area contributed by atoms with Crippen molar-refractivity contribution in [2.24, 2.45) is 0 Å². The zero-order valence-corrected chi connectivity index (χ0v) is 21.4. The van der Waals surface area contributed by atoms with Gasteiger partial charge in [-0.15, -0.1) is 0 Å². The molecule has 1 N–H and O–H groups in total. The first-order valence-electron chi connectivity index (χ1n) is 11.4. The van der Waals surface area contributed by atoms with Crippen molar-refractivity contribution in [3.63, 3.8) is 0 Å². The van der Waals surface area contributed by atoms with Crippen LogP contribution in [-0.2, 0) is 32.7 Å². The van der Waals surface area contributed by atoms with E-state index >= 15 is 0 Å². The summed E-state index contributed by atoms with van der Waals surface area (Å²) in [6.07, 6.45) is 1.04. The van der Waals surface area contributed by atoms with Gasteiger partial charge in [-0.1, -0.05) is 72.8 Å². The number of ether oxygens (including phenoxy) is 1. The van der Waals surface area contributed by atoms with E-state index < -0.39 is 22.0 Å². The summed E-state index contributed by atoms with van der Waals surface area (Å²) >= 11 is 0. The molecular weight excluding hydrogens is 478 g/mol. The molecule has 0 spiro atoms. The number of likely N-dealkylation sites (N-methyl/N-ethyl adjacent to an activating group) is 1. The monoisotopic (exact) mass is 509 g/mol. The number of amides is 2. The SMILES string of the molecule is COc1ccc(CNC(=O)[C@H](c2ccccc2)N(Cc2ccccc2)C(=O)CN(C)S(C)(=O)=O)cc1. The second-order valence-electron chi connectivity index (χ2n) is 8.41. The van der Waals surface area contributed by atoms with Crippen LogP contribution in [0.3, 0.4) is 0 Å². The summed E-state index contributed by atoms with van der Waals surface area (Å²) in [5.41, 5.74) is 2.31. The van der Waals surface area contributed by atoms with Gasteiger partial charge in [-0.2, -0.15) is 4.31 Å². The fourth-order valence-electron chi connectivity index (χ4n) is 3.64. The van der Waals surface area contributed by atoms with Gasteiger partial charge < -0.3 is 15.0 Å². The molecule has 3 rings (SSSR count). The molecule has 0 radical (unpaired) electrons. The predicted molar refractivity (Wildman–Crippen MR) is 138 cm³/mol. The third-order valence-electron chi connectivity index (χ3n) is 5.74. The molecule has 36 heavy (non-hydrogen) atoms. The number of nitrogens with zero attached hydrogens (tertiary/aromatic N) is 2. The Morgan fingerprint density at radius 1 is 0.889 bits per heavy atom. The highest BCUT2D eigenvalue weighted by molar-refractivity contribution is 7.88. The number of hydrogen-bond acceptors (Lipinski definition) is 5. The Labute approximate surface area is 212 Å². The molecule has 0 unspecified atom stereocenters. The number of benzene rings is 3. The van der Waals surface area contributed by atoms with Crippen molar-refractivity contribution in [3.8, 4) is 5.75 Å². The Balaban J connectivity index is 1.93. The minimum absolute atomic E-state index is 0.132. The van der Waals surface area contributed by atoms with Gasteiger partial charge in [0.25, 0.3) is 0 Å². The molecule has 0 heterocycles. The zero-order chi connectivity index (χ0) is 26.1. The fourth-order valence-corrected chi connectivity index (χ4v) is 3.98. The van der Waals surface area contributed by atoms with E-state index in [2.05, 4.69) is 5.32 Å². The number of methoxy groups -OCH3 is 1. The van der Waals surface area contributed by atoms with Gasteiger partial charge in [-0.25, -0.2) is 8.42 Å². The van der Waals surface area contributed by atoms with Crippen LogP contribution in [0, 0.1) is 0 Å². The number of nitrogens with one attached hydrogen (secondary N) is 1. The summed E-state index contributed by atoms with van der Waals surface area (Å²) in [6.45, 7) is -0.00365. The molecule has 0 aliphatic heterocycles. The molecule has 0 aliphatic carbocycles. The summed E-state index contributed by atoms with van der Waals surface area (Å²) in [7, 11) is -0.665. The van der Waals surface area contributed by atoms with Crippen LogP contribution in [0.1, 0.15) is 22.7 Å². The van der Waals surface area contributed by atoms with Crippen molar-refractivity contribution in [1.82, 2.24) is 14.5 Å². The van der Waals surface area contributed by atoms with Crippen LogP contribution in [-0.4, -0.2) is 56.4 Å². The summed E-state index contributed by atoms with van der Waals surface area (Å²) in [4.78, 5) is 28.5. The van der Waals surface area contributed by atoms with Gasteiger partial charge in [0.2, 0.25) is 21.8 Å². The Bertz CT molecular complexity index is 1250. The average molecular weight is 510 g/mol. The maximum Gasteiger partial charge on any atom is 0.247 e. The first-order chi connectivity index (χ1) is 17.2. The molecule has 1 atom stereocenters. The van der Waals surface area contributed by atoms with Gasteiger partial charge in [-0.3, -0.25) is 9.59 Å². The lowest BCUT2D eigenvalue weighted by Crippen LogP contribution is -2.47. The van der Waals surface area contributed by atoms with Gasteiger partial charge in [-0.05, 0) is 28.8 Å². The van der Waals surface area contributed by atoms with Gasteiger partial charge in [0.05, 0.1) is 19.9 Å². The van der Waals surface area contributed by atoms with Crippen LogP contribution >= 0.6 is 0 Å². The first-order valence-corrected chi connectivity index (χ1v) is 13.2. The lowest BCUT2D eigenvalue weighted by Gasteiger charge is -2.32. The second-order valence-corrected chi connectivity index (χ2v) is 10.5. The highest BCUT2D eigenvalue weighted by Crippen LogP contribution is 2.24. The van der Waals surface area contributed by atoms with Crippen molar-refractivity contribution in [2.45, 2.75) is 19.1 Å². The molecule has 2 amide bonds. The van der Waals surface area contributed by atoms with Crippen molar-refractivity contribution in [3.05, 3.63) is 102 Å². The lowest BCUT2D eigenvalue weighted by molar-refractivity contribution is -0.141. The molecule has 8 nitrogen and oxygen atoms in total. The Hall–Kier alpha value is -3.69. The van der Waals surface area contributed by atoms with Crippen LogP contribution in [0.2, 0.25) is 0 Å². The van der Waals surface area contributed by atoms with E-state index in [9.17, 15) is 18.0 Å². The molecule has 0 aliphatic rings. The average Bonchev–Trinajstić information content (AvgIpc) is 2.88. The molecule has 190 valence electrons. The zero-order valence-electron chi connectivity index (χ0n) is 20.6. The molecule has 3 aromatic carbocycles. The third-order valence-corrected chi connectivity index (χ3v) is 7.00. The lowest BCUT2D eigenvalue weighted by atomic mass is 10.0. The Kier molecular flexibility index (Phi) is 9.21. The number of rotatable bonds is 11. The van der Waals surface area contributed by atoms with Gasteiger partial charge >= 0.3 is 0 Å². The molecule has 0 saturated carbocycles. The van der Waals surface area contributed by atoms with E-state index in [1.807, 2.05) is 60.7 Å². The number of carbonyl (C=O) groups is 2. The van der Waals surface area contributed by atoms with Crippen molar-refractivity contribution < 1.29 is 22.7 Å². The standard InChI is InChI=1S/C27H31N3O5S/c1-29(36(3,33)34)20-25(31)30(19-22-10-6-4-7-11-22)26(23-12-8-5-9-13-23)27(32)28-18-21-14-16-24(35-2)17-15-21/h4-17,26H,18-20H2,1-3H3,(H,28,32)/t26-/m0/s1. The van der Waals surface area contributed by atoms with Crippen LogP contribution in [0.15, 0.2) is 84.9 Å². The van der Waals surface area contributed by atoms with E-state index in [0.29, 0.717) is 11.3 Å². The molecule has 0 bridgehead atoms. The first kappa shape index (κ1) is 26.9. The molecule has 9 heteroatoms. The van der Waals surface area contributed by atoms with Crippen molar-refractivity contribution in [2.75, 3.05) is 27.0 Å². The third kappa shape index (κ3) is 7.40. The van der Waals surface area contributed by atoms with Crippen molar-refractivity contribution in [1.29, 1.82) is 0 Å². The highest BCUT2D eigenvalue weighted by atomic mass is 32.2. The fraction of sp³-hybridized carbons (Fsp3) is 0.259. The van der Waals surface area contributed by atoms with Gasteiger partial charge in [0.15, 0.2) is 0 Å². The maximum absolute atomic E-state index is 13.6. The highest BCUT2D eigenvalue weighted by Gasteiger charge is 2.32. The molecule has 0 saturated heterocycles. The van der Waals surface area contributed by atoms with E-state index in [4.69, 9.17) is 4.74 Å². The number of sulfonamides is 1. The minimum Gasteiger partial charge on any atom is -0.497 e. The summed E-state index contributed by atoms with van der Waals surface area (Å²) in [6, 6.07) is 24.6. The molecule has 0 aromatic heterocycles. The van der Waals surface area contributed by atoms with Gasteiger partial charge in [0, 0.05) is 20.1 Å². The summed E-state index contributed by atoms with van der Waals surface area (Å²) in [5.74, 6) is -0.148. The smallest absolute Gasteiger partial charge is 0.247 e. The summed E-state index contributed by atoms with van der Waals surface area (Å²) < 4.78 is 30.1. The topological polar surface area (TPSA) is 96.0 Å². The number of hydrogen-bond donors (Lipinski definition) is 1. The number of carbonyl (C=O) groups excluding carboxylic acids is 2. The second kappa shape index (κ2) is 12.3.